The van der Waals surface area contributed by atoms with Crippen molar-refractivity contribution < 1.29 is 4.42 Å². The Balaban J connectivity index is 1.43. The smallest absolute Gasteiger partial charge is 0.247 e. The van der Waals surface area contributed by atoms with Gasteiger partial charge in [-0.1, -0.05) is 24.3 Å². The quantitative estimate of drug-likeness (QED) is 0.741. The number of hydrogen-bond acceptors (Lipinski definition) is 5. The van der Waals surface area contributed by atoms with Crippen molar-refractivity contribution in [2.75, 3.05) is 13.1 Å². The van der Waals surface area contributed by atoms with Gasteiger partial charge in [-0.15, -0.1) is 10.2 Å². The zero-order chi connectivity index (χ0) is 15.5. The van der Waals surface area contributed by atoms with E-state index >= 15 is 0 Å². The van der Waals surface area contributed by atoms with E-state index in [2.05, 4.69) is 26.1 Å². The molecule has 0 saturated carbocycles. The van der Waals surface area contributed by atoms with Crippen LogP contribution in [0.15, 0.2) is 59.1 Å². The summed E-state index contributed by atoms with van der Waals surface area (Å²) in [6, 6.07) is 15.9. The maximum Gasteiger partial charge on any atom is 0.247 e. The SMILES string of the molecule is c1ccc(-c2nnc([C@H]3CCN(Cc4ccccn4)C3)o2)cc1. The summed E-state index contributed by atoms with van der Waals surface area (Å²) in [7, 11) is 0. The molecule has 0 spiro atoms. The number of rotatable bonds is 4. The first-order valence-corrected chi connectivity index (χ1v) is 7.89. The highest BCUT2D eigenvalue weighted by atomic mass is 16.4. The van der Waals surface area contributed by atoms with Crippen molar-refractivity contribution >= 4 is 0 Å². The summed E-state index contributed by atoms with van der Waals surface area (Å²) in [5.74, 6) is 1.65. The van der Waals surface area contributed by atoms with Crippen LogP contribution in [0.25, 0.3) is 11.5 Å². The van der Waals surface area contributed by atoms with Crippen molar-refractivity contribution in [1.82, 2.24) is 20.1 Å². The van der Waals surface area contributed by atoms with Gasteiger partial charge in [0.05, 0.1) is 11.6 Å². The van der Waals surface area contributed by atoms with Gasteiger partial charge in [-0.3, -0.25) is 9.88 Å². The summed E-state index contributed by atoms with van der Waals surface area (Å²) >= 11 is 0. The van der Waals surface area contributed by atoms with E-state index < -0.39 is 0 Å². The van der Waals surface area contributed by atoms with Crippen LogP contribution in [0.5, 0.6) is 0 Å². The monoisotopic (exact) mass is 306 g/mol. The first kappa shape index (κ1) is 14.1. The van der Waals surface area contributed by atoms with Crippen molar-refractivity contribution in [2.24, 2.45) is 0 Å². The predicted molar refractivity (Wildman–Crippen MR) is 86.6 cm³/mol. The Bertz CT molecular complexity index is 757. The Hall–Kier alpha value is -2.53. The molecule has 1 atom stereocenters. The first-order valence-electron chi connectivity index (χ1n) is 7.89. The molecule has 116 valence electrons. The summed E-state index contributed by atoms with van der Waals surface area (Å²) in [5.41, 5.74) is 2.07. The Morgan fingerprint density at radius 2 is 1.91 bits per heavy atom. The van der Waals surface area contributed by atoms with Crippen molar-refractivity contribution in [1.29, 1.82) is 0 Å². The molecule has 1 aromatic carbocycles. The Morgan fingerprint density at radius 1 is 1.04 bits per heavy atom. The van der Waals surface area contributed by atoms with E-state index in [9.17, 15) is 0 Å². The summed E-state index contributed by atoms with van der Waals surface area (Å²) < 4.78 is 5.89. The Morgan fingerprint density at radius 3 is 2.74 bits per heavy atom. The lowest BCUT2D eigenvalue weighted by atomic mass is 10.1. The van der Waals surface area contributed by atoms with Gasteiger partial charge < -0.3 is 4.42 Å². The second-order valence-electron chi connectivity index (χ2n) is 5.85. The van der Waals surface area contributed by atoms with E-state index in [0.29, 0.717) is 11.8 Å². The molecule has 4 rings (SSSR count). The number of aromatic nitrogens is 3. The third-order valence-corrected chi connectivity index (χ3v) is 4.19. The molecule has 0 bridgehead atoms. The zero-order valence-corrected chi connectivity index (χ0v) is 12.8. The van der Waals surface area contributed by atoms with Gasteiger partial charge in [0.2, 0.25) is 11.8 Å². The molecule has 0 radical (unpaired) electrons. The van der Waals surface area contributed by atoms with Gasteiger partial charge in [-0.2, -0.15) is 0 Å². The molecule has 3 aromatic rings. The van der Waals surface area contributed by atoms with Crippen LogP contribution in [-0.4, -0.2) is 33.2 Å². The number of nitrogens with zero attached hydrogens (tertiary/aromatic N) is 4. The summed E-state index contributed by atoms with van der Waals surface area (Å²) in [6.45, 7) is 2.84. The minimum Gasteiger partial charge on any atom is -0.420 e. The third kappa shape index (κ3) is 3.14. The molecular weight excluding hydrogens is 288 g/mol. The van der Waals surface area contributed by atoms with Crippen LogP contribution in [0.1, 0.15) is 23.9 Å². The van der Waals surface area contributed by atoms with Crippen molar-refractivity contribution in [2.45, 2.75) is 18.9 Å². The number of pyridine rings is 1. The molecule has 0 N–H and O–H groups in total. The van der Waals surface area contributed by atoms with Crippen molar-refractivity contribution in [3.05, 3.63) is 66.3 Å². The third-order valence-electron chi connectivity index (χ3n) is 4.19. The molecule has 23 heavy (non-hydrogen) atoms. The minimum absolute atomic E-state index is 0.309. The van der Waals surface area contributed by atoms with Crippen LogP contribution < -0.4 is 0 Å². The first-order chi connectivity index (χ1) is 11.4. The molecule has 0 unspecified atom stereocenters. The van der Waals surface area contributed by atoms with E-state index in [0.717, 1.165) is 43.2 Å². The maximum atomic E-state index is 5.89. The van der Waals surface area contributed by atoms with E-state index in [1.54, 1.807) is 0 Å². The van der Waals surface area contributed by atoms with Gasteiger partial charge in [-0.05, 0) is 37.2 Å². The minimum atomic E-state index is 0.309. The second kappa shape index (κ2) is 6.30. The highest BCUT2D eigenvalue weighted by Gasteiger charge is 2.28. The Labute approximate surface area is 135 Å². The molecule has 1 aliphatic rings. The average molecular weight is 306 g/mol. The fourth-order valence-electron chi connectivity index (χ4n) is 3.00. The summed E-state index contributed by atoms with van der Waals surface area (Å²) in [6.07, 6.45) is 2.89. The summed E-state index contributed by atoms with van der Waals surface area (Å²) in [5, 5.41) is 8.45. The van der Waals surface area contributed by atoms with Crippen LogP contribution >= 0.6 is 0 Å². The lowest BCUT2D eigenvalue weighted by molar-refractivity contribution is 0.316. The predicted octanol–water partition coefficient (Wildman–Crippen LogP) is 3.12. The van der Waals surface area contributed by atoms with Gasteiger partial charge in [0.15, 0.2) is 0 Å². The average Bonchev–Trinajstić information content (AvgIpc) is 3.26. The van der Waals surface area contributed by atoms with E-state index in [1.165, 1.54) is 0 Å². The molecule has 0 aliphatic carbocycles. The van der Waals surface area contributed by atoms with Gasteiger partial charge >= 0.3 is 0 Å². The molecule has 2 aromatic heterocycles. The standard InChI is InChI=1S/C18H18N4O/c1-2-6-14(7-3-1)17-20-21-18(23-17)15-9-11-22(12-15)13-16-8-4-5-10-19-16/h1-8,10,15H,9,11-13H2/t15-/m0/s1. The van der Waals surface area contributed by atoms with Gasteiger partial charge in [0.1, 0.15) is 0 Å². The molecule has 5 heteroatoms. The van der Waals surface area contributed by atoms with Crippen LogP contribution in [0.3, 0.4) is 0 Å². The van der Waals surface area contributed by atoms with Crippen LogP contribution in [0, 0.1) is 0 Å². The highest BCUT2D eigenvalue weighted by molar-refractivity contribution is 5.51. The lowest BCUT2D eigenvalue weighted by Gasteiger charge is -2.14. The molecule has 3 heterocycles. The largest absolute Gasteiger partial charge is 0.420 e. The van der Waals surface area contributed by atoms with E-state index in [1.807, 2.05) is 48.7 Å². The number of likely N-dealkylation sites (tertiary alicyclic amines) is 1. The normalized spacial score (nSPS) is 18.3. The van der Waals surface area contributed by atoms with Crippen molar-refractivity contribution in [3.63, 3.8) is 0 Å². The summed E-state index contributed by atoms with van der Waals surface area (Å²) in [4.78, 5) is 6.78. The molecule has 5 nitrogen and oxygen atoms in total. The van der Waals surface area contributed by atoms with Crippen LogP contribution in [-0.2, 0) is 6.54 Å². The molecule has 1 fully saturated rings. The molecule has 1 aliphatic heterocycles. The number of hydrogen-bond donors (Lipinski definition) is 0. The maximum absolute atomic E-state index is 5.89. The van der Waals surface area contributed by atoms with Gasteiger partial charge in [-0.25, -0.2) is 0 Å². The lowest BCUT2D eigenvalue weighted by Crippen LogP contribution is -2.20. The highest BCUT2D eigenvalue weighted by Crippen LogP contribution is 2.29. The van der Waals surface area contributed by atoms with E-state index in [4.69, 9.17) is 4.42 Å². The molecule has 0 amide bonds. The van der Waals surface area contributed by atoms with Crippen LogP contribution in [0.4, 0.5) is 0 Å². The molecule has 1 saturated heterocycles. The van der Waals surface area contributed by atoms with Gasteiger partial charge in [0, 0.05) is 24.8 Å². The topological polar surface area (TPSA) is 55.1 Å². The van der Waals surface area contributed by atoms with E-state index in [-0.39, 0.29) is 0 Å². The second-order valence-corrected chi connectivity index (χ2v) is 5.85. The molecular formula is C18H18N4O. The van der Waals surface area contributed by atoms with Crippen LogP contribution in [0.2, 0.25) is 0 Å². The zero-order valence-electron chi connectivity index (χ0n) is 12.8. The number of benzene rings is 1. The fraction of sp³-hybridized carbons (Fsp3) is 0.278. The van der Waals surface area contributed by atoms with Crippen molar-refractivity contribution in [3.8, 4) is 11.5 Å². The Kier molecular flexibility index (Phi) is 3.86. The fourth-order valence-corrected chi connectivity index (χ4v) is 3.00. The van der Waals surface area contributed by atoms with Gasteiger partial charge in [0.25, 0.3) is 0 Å².